The Morgan fingerprint density at radius 2 is 2.21 bits per heavy atom. The third-order valence-electron chi connectivity index (χ3n) is 4.37. The van der Waals surface area contributed by atoms with Crippen LogP contribution in [-0.2, 0) is 0 Å². The molecular weight excluding hydrogens is 238 g/mol. The van der Waals surface area contributed by atoms with Gasteiger partial charge in [-0.05, 0) is 24.8 Å². The first-order chi connectivity index (χ1) is 9.24. The number of imidazole rings is 1. The Balaban J connectivity index is 1.97. The summed E-state index contributed by atoms with van der Waals surface area (Å²) in [7, 11) is 0. The van der Waals surface area contributed by atoms with Gasteiger partial charge in [0.05, 0.1) is 11.7 Å². The quantitative estimate of drug-likeness (QED) is 0.699. The largest absolute Gasteiger partial charge is 0.345 e. The number of fused-ring (bicyclic) bond motifs is 3. The van der Waals surface area contributed by atoms with Crippen molar-refractivity contribution < 1.29 is 0 Å². The zero-order valence-electron chi connectivity index (χ0n) is 10.9. The minimum atomic E-state index is 0.314. The molecule has 3 aromatic heterocycles. The molecule has 0 saturated heterocycles. The molecule has 3 atom stereocenters. The van der Waals surface area contributed by atoms with Crippen molar-refractivity contribution in [1.82, 2.24) is 19.4 Å². The standard InChI is InChI=1S/C14H17N5/c1-8-4-9(15)5-10(8)12-6-17-13-7-18-14-11(19(12)13)2-3-16-14/h2-3,6-10,16H,4-5,15H2,1H3/t8-,9+,10?/m1/s1. The number of aromatic nitrogens is 4. The molecule has 5 nitrogen and oxygen atoms in total. The Bertz CT molecular complexity index is 741. The van der Waals surface area contributed by atoms with E-state index in [1.807, 2.05) is 18.6 Å². The summed E-state index contributed by atoms with van der Waals surface area (Å²) < 4.78 is 2.22. The molecule has 0 spiro atoms. The van der Waals surface area contributed by atoms with Crippen LogP contribution in [0.3, 0.4) is 0 Å². The first-order valence-electron chi connectivity index (χ1n) is 6.79. The summed E-state index contributed by atoms with van der Waals surface area (Å²) in [6.07, 6.45) is 7.87. The summed E-state index contributed by atoms with van der Waals surface area (Å²) >= 11 is 0. The molecule has 0 bridgehead atoms. The molecule has 0 radical (unpaired) electrons. The van der Waals surface area contributed by atoms with Crippen LogP contribution in [0.1, 0.15) is 31.4 Å². The Labute approximate surface area is 110 Å². The number of aromatic amines is 1. The molecular formula is C14H17N5. The summed E-state index contributed by atoms with van der Waals surface area (Å²) in [5.74, 6) is 1.10. The van der Waals surface area contributed by atoms with Crippen molar-refractivity contribution in [2.75, 3.05) is 0 Å². The highest BCUT2D eigenvalue weighted by atomic mass is 15.1. The first kappa shape index (κ1) is 11.0. The fourth-order valence-corrected chi connectivity index (χ4v) is 3.46. The van der Waals surface area contributed by atoms with Crippen LogP contribution in [0.25, 0.3) is 16.8 Å². The lowest BCUT2D eigenvalue weighted by molar-refractivity contribution is 0.520. The summed E-state index contributed by atoms with van der Waals surface area (Å²) in [4.78, 5) is 12.0. The van der Waals surface area contributed by atoms with Crippen molar-refractivity contribution in [1.29, 1.82) is 0 Å². The molecule has 1 fully saturated rings. The molecule has 4 rings (SSSR count). The minimum absolute atomic E-state index is 0.314. The number of nitrogens with one attached hydrogen (secondary N) is 1. The number of hydrogen-bond acceptors (Lipinski definition) is 3. The highest BCUT2D eigenvalue weighted by Crippen LogP contribution is 2.39. The van der Waals surface area contributed by atoms with Crippen LogP contribution in [0.2, 0.25) is 0 Å². The third-order valence-corrected chi connectivity index (χ3v) is 4.37. The van der Waals surface area contributed by atoms with E-state index in [4.69, 9.17) is 5.73 Å². The maximum absolute atomic E-state index is 6.11. The van der Waals surface area contributed by atoms with Gasteiger partial charge in [0, 0.05) is 30.0 Å². The first-order valence-corrected chi connectivity index (χ1v) is 6.79. The summed E-state index contributed by atoms with van der Waals surface area (Å²) in [6, 6.07) is 2.37. The summed E-state index contributed by atoms with van der Waals surface area (Å²) in [5.41, 5.74) is 10.3. The Morgan fingerprint density at radius 1 is 1.32 bits per heavy atom. The molecule has 1 saturated carbocycles. The van der Waals surface area contributed by atoms with Gasteiger partial charge in [0.25, 0.3) is 0 Å². The number of rotatable bonds is 1. The molecule has 0 aromatic carbocycles. The third kappa shape index (κ3) is 1.51. The van der Waals surface area contributed by atoms with E-state index >= 15 is 0 Å². The van der Waals surface area contributed by atoms with Crippen molar-refractivity contribution in [3.63, 3.8) is 0 Å². The molecule has 0 amide bonds. The molecule has 5 heteroatoms. The van der Waals surface area contributed by atoms with E-state index in [2.05, 4.69) is 32.3 Å². The van der Waals surface area contributed by atoms with Crippen molar-refractivity contribution in [3.8, 4) is 0 Å². The minimum Gasteiger partial charge on any atom is -0.345 e. The van der Waals surface area contributed by atoms with Gasteiger partial charge in [-0.1, -0.05) is 6.92 Å². The molecule has 3 N–H and O–H groups in total. The maximum Gasteiger partial charge on any atom is 0.156 e. The summed E-state index contributed by atoms with van der Waals surface area (Å²) in [5, 5.41) is 0. The van der Waals surface area contributed by atoms with Crippen molar-refractivity contribution in [2.24, 2.45) is 11.7 Å². The van der Waals surface area contributed by atoms with Crippen LogP contribution in [-0.4, -0.2) is 25.4 Å². The Morgan fingerprint density at radius 3 is 3.00 bits per heavy atom. The molecule has 19 heavy (non-hydrogen) atoms. The van der Waals surface area contributed by atoms with E-state index in [0.717, 1.165) is 29.7 Å². The lowest BCUT2D eigenvalue weighted by atomic mass is 9.95. The topological polar surface area (TPSA) is 72.0 Å². The molecule has 1 aliphatic rings. The van der Waals surface area contributed by atoms with Gasteiger partial charge in [-0.15, -0.1) is 0 Å². The summed E-state index contributed by atoms with van der Waals surface area (Å²) in [6.45, 7) is 2.28. The van der Waals surface area contributed by atoms with Gasteiger partial charge < -0.3 is 10.7 Å². The zero-order valence-corrected chi connectivity index (χ0v) is 10.9. The van der Waals surface area contributed by atoms with Crippen LogP contribution in [0.15, 0.2) is 24.7 Å². The van der Waals surface area contributed by atoms with Gasteiger partial charge in [0.1, 0.15) is 0 Å². The molecule has 1 unspecified atom stereocenters. The monoisotopic (exact) mass is 255 g/mol. The van der Waals surface area contributed by atoms with Crippen LogP contribution >= 0.6 is 0 Å². The highest BCUT2D eigenvalue weighted by molar-refractivity contribution is 5.74. The molecule has 3 heterocycles. The zero-order chi connectivity index (χ0) is 13.0. The van der Waals surface area contributed by atoms with E-state index in [0.29, 0.717) is 17.9 Å². The number of nitrogens with two attached hydrogens (primary N) is 1. The predicted molar refractivity (Wildman–Crippen MR) is 74.0 cm³/mol. The van der Waals surface area contributed by atoms with Crippen molar-refractivity contribution in [3.05, 3.63) is 30.4 Å². The van der Waals surface area contributed by atoms with Crippen molar-refractivity contribution in [2.45, 2.75) is 31.7 Å². The number of H-pyrrole nitrogens is 1. The van der Waals surface area contributed by atoms with Gasteiger partial charge >= 0.3 is 0 Å². The Hall–Kier alpha value is -1.88. The predicted octanol–water partition coefficient (Wildman–Crippen LogP) is 2.05. The second kappa shape index (κ2) is 3.81. The van der Waals surface area contributed by atoms with Gasteiger partial charge in [-0.25, -0.2) is 9.97 Å². The SMILES string of the molecule is C[C@@H]1C[C@H](N)CC1c1cnc2cnc3[nH]ccc3n12. The Kier molecular flexibility index (Phi) is 2.20. The smallest absolute Gasteiger partial charge is 0.156 e. The van der Waals surface area contributed by atoms with E-state index in [1.54, 1.807) is 0 Å². The number of nitrogens with zero attached hydrogens (tertiary/aromatic N) is 3. The molecule has 0 aliphatic heterocycles. The van der Waals surface area contributed by atoms with Gasteiger partial charge in [0.15, 0.2) is 11.3 Å². The van der Waals surface area contributed by atoms with Gasteiger partial charge in [0.2, 0.25) is 0 Å². The van der Waals surface area contributed by atoms with E-state index in [-0.39, 0.29) is 0 Å². The van der Waals surface area contributed by atoms with Crippen LogP contribution in [0.4, 0.5) is 0 Å². The van der Waals surface area contributed by atoms with Crippen LogP contribution in [0.5, 0.6) is 0 Å². The van der Waals surface area contributed by atoms with Crippen LogP contribution in [0, 0.1) is 5.92 Å². The van der Waals surface area contributed by atoms with Crippen LogP contribution < -0.4 is 5.73 Å². The molecule has 98 valence electrons. The van der Waals surface area contributed by atoms with Gasteiger partial charge in [-0.3, -0.25) is 4.40 Å². The van der Waals surface area contributed by atoms with E-state index in [9.17, 15) is 0 Å². The van der Waals surface area contributed by atoms with E-state index in [1.165, 1.54) is 5.69 Å². The number of hydrogen-bond donors (Lipinski definition) is 2. The average molecular weight is 255 g/mol. The van der Waals surface area contributed by atoms with Gasteiger partial charge in [-0.2, -0.15) is 0 Å². The van der Waals surface area contributed by atoms with Crippen molar-refractivity contribution >= 4 is 16.8 Å². The fraction of sp³-hybridized carbons (Fsp3) is 0.429. The highest BCUT2D eigenvalue weighted by Gasteiger charge is 2.32. The second-order valence-corrected chi connectivity index (χ2v) is 5.66. The normalized spacial score (nSPS) is 27.6. The lowest BCUT2D eigenvalue weighted by Gasteiger charge is -2.15. The second-order valence-electron chi connectivity index (χ2n) is 5.66. The fourth-order valence-electron chi connectivity index (χ4n) is 3.46. The molecule has 1 aliphatic carbocycles. The average Bonchev–Trinajstić information content (AvgIpc) is 3.05. The maximum atomic E-state index is 6.11. The van der Waals surface area contributed by atoms with E-state index < -0.39 is 0 Å². The molecule has 3 aromatic rings. The lowest BCUT2D eigenvalue weighted by Crippen LogP contribution is -2.14.